The van der Waals surface area contributed by atoms with Crippen molar-refractivity contribution in [2.24, 2.45) is 0 Å². The Morgan fingerprint density at radius 3 is 2.23 bits per heavy atom. The molecule has 1 saturated carbocycles. The molecule has 1 spiro atoms. The third-order valence-electron chi connectivity index (χ3n) is 3.68. The van der Waals surface area contributed by atoms with Crippen LogP contribution in [0.4, 0.5) is 0 Å². The fourth-order valence-electron chi connectivity index (χ4n) is 2.59. The fourth-order valence-corrected chi connectivity index (χ4v) is 2.59. The van der Waals surface area contributed by atoms with Crippen molar-refractivity contribution in [2.45, 2.75) is 51.5 Å². The molecule has 0 bridgehead atoms. The lowest BCUT2D eigenvalue weighted by molar-refractivity contribution is -0.118. The van der Waals surface area contributed by atoms with Crippen LogP contribution < -0.4 is 5.32 Å². The second-order valence-electron chi connectivity index (χ2n) is 4.35. The van der Waals surface area contributed by atoms with Gasteiger partial charge in [0.05, 0.1) is 5.54 Å². The zero-order valence-electron chi connectivity index (χ0n) is 8.44. The normalized spacial score (nSPS) is 26.8. The standard InChI is InChI=1S/C11H17NO/c1-8-9(2)11(12-10(8)13)6-4-3-5-7-11/h3-7H2,1-2H3,(H,12,13). The summed E-state index contributed by atoms with van der Waals surface area (Å²) in [6, 6.07) is 0. The van der Waals surface area contributed by atoms with E-state index in [4.69, 9.17) is 0 Å². The van der Waals surface area contributed by atoms with Crippen LogP contribution in [0.2, 0.25) is 0 Å². The summed E-state index contributed by atoms with van der Waals surface area (Å²) in [5, 5.41) is 3.16. The van der Waals surface area contributed by atoms with Gasteiger partial charge in [0.25, 0.3) is 0 Å². The number of carbonyl (C=O) groups is 1. The Labute approximate surface area is 79.4 Å². The average Bonchev–Trinajstić information content (AvgIpc) is 2.33. The summed E-state index contributed by atoms with van der Waals surface area (Å²) in [5.41, 5.74) is 2.29. The molecular formula is C11H17NO. The minimum Gasteiger partial charge on any atom is -0.343 e. The smallest absolute Gasteiger partial charge is 0.247 e. The van der Waals surface area contributed by atoms with E-state index in [1.165, 1.54) is 24.8 Å². The monoisotopic (exact) mass is 179 g/mol. The highest BCUT2D eigenvalue weighted by Gasteiger charge is 2.41. The first-order valence-corrected chi connectivity index (χ1v) is 5.16. The molecule has 72 valence electrons. The third kappa shape index (κ3) is 1.19. The minimum atomic E-state index is 0.0550. The molecule has 1 heterocycles. The van der Waals surface area contributed by atoms with Gasteiger partial charge in [-0.05, 0) is 32.3 Å². The summed E-state index contributed by atoms with van der Waals surface area (Å²) >= 11 is 0. The Kier molecular flexibility index (Phi) is 1.94. The Balaban J connectivity index is 2.30. The number of nitrogens with one attached hydrogen (secondary N) is 1. The largest absolute Gasteiger partial charge is 0.343 e. The number of hydrogen-bond donors (Lipinski definition) is 1. The number of hydrogen-bond acceptors (Lipinski definition) is 1. The maximum absolute atomic E-state index is 11.5. The van der Waals surface area contributed by atoms with Crippen LogP contribution in [0.25, 0.3) is 0 Å². The van der Waals surface area contributed by atoms with E-state index in [9.17, 15) is 4.79 Å². The topological polar surface area (TPSA) is 29.1 Å². The maximum atomic E-state index is 11.5. The molecule has 2 nitrogen and oxygen atoms in total. The van der Waals surface area contributed by atoms with Crippen molar-refractivity contribution >= 4 is 5.91 Å². The van der Waals surface area contributed by atoms with Crippen LogP contribution in [0.3, 0.4) is 0 Å². The molecule has 2 aliphatic rings. The number of carbonyl (C=O) groups excluding carboxylic acids is 1. The lowest BCUT2D eigenvalue weighted by Crippen LogP contribution is -2.45. The van der Waals surface area contributed by atoms with Gasteiger partial charge in [0.15, 0.2) is 0 Å². The van der Waals surface area contributed by atoms with E-state index in [-0.39, 0.29) is 11.4 Å². The molecule has 0 aromatic rings. The van der Waals surface area contributed by atoms with Crippen molar-refractivity contribution < 1.29 is 4.79 Å². The van der Waals surface area contributed by atoms with Gasteiger partial charge in [-0.1, -0.05) is 19.3 Å². The van der Waals surface area contributed by atoms with Gasteiger partial charge >= 0.3 is 0 Å². The lowest BCUT2D eigenvalue weighted by atomic mass is 9.77. The molecule has 0 saturated heterocycles. The molecule has 1 fully saturated rings. The Hall–Kier alpha value is -0.790. The first kappa shape index (κ1) is 8.79. The molecule has 0 radical (unpaired) electrons. The predicted molar refractivity (Wildman–Crippen MR) is 52.3 cm³/mol. The van der Waals surface area contributed by atoms with Gasteiger partial charge in [-0.2, -0.15) is 0 Å². The van der Waals surface area contributed by atoms with Crippen molar-refractivity contribution in [1.29, 1.82) is 0 Å². The Morgan fingerprint density at radius 1 is 1.15 bits per heavy atom. The molecule has 1 aliphatic heterocycles. The second-order valence-corrected chi connectivity index (χ2v) is 4.35. The molecule has 0 aromatic heterocycles. The maximum Gasteiger partial charge on any atom is 0.247 e. The first-order valence-electron chi connectivity index (χ1n) is 5.16. The van der Waals surface area contributed by atoms with E-state index in [0.29, 0.717) is 0 Å². The zero-order valence-corrected chi connectivity index (χ0v) is 8.44. The van der Waals surface area contributed by atoms with Crippen molar-refractivity contribution in [3.8, 4) is 0 Å². The summed E-state index contributed by atoms with van der Waals surface area (Å²) in [5.74, 6) is 0.152. The van der Waals surface area contributed by atoms with Gasteiger partial charge in [0, 0.05) is 5.57 Å². The van der Waals surface area contributed by atoms with Gasteiger partial charge in [0.2, 0.25) is 5.91 Å². The molecule has 2 rings (SSSR count). The highest BCUT2D eigenvalue weighted by atomic mass is 16.2. The van der Waals surface area contributed by atoms with Crippen LogP contribution in [0.5, 0.6) is 0 Å². The summed E-state index contributed by atoms with van der Waals surface area (Å²) in [7, 11) is 0. The summed E-state index contributed by atoms with van der Waals surface area (Å²) in [4.78, 5) is 11.5. The number of rotatable bonds is 0. The molecule has 0 unspecified atom stereocenters. The first-order chi connectivity index (χ1) is 6.16. The van der Waals surface area contributed by atoms with Gasteiger partial charge in [-0.15, -0.1) is 0 Å². The average molecular weight is 179 g/mol. The van der Waals surface area contributed by atoms with Gasteiger partial charge in [0.1, 0.15) is 0 Å². The molecule has 13 heavy (non-hydrogen) atoms. The Morgan fingerprint density at radius 2 is 1.77 bits per heavy atom. The van der Waals surface area contributed by atoms with Crippen LogP contribution in [0.1, 0.15) is 46.0 Å². The van der Waals surface area contributed by atoms with Gasteiger partial charge in [-0.25, -0.2) is 0 Å². The van der Waals surface area contributed by atoms with E-state index in [1.807, 2.05) is 6.92 Å². The van der Waals surface area contributed by atoms with E-state index in [0.717, 1.165) is 18.4 Å². The molecule has 1 amide bonds. The second kappa shape index (κ2) is 2.86. The van der Waals surface area contributed by atoms with E-state index in [1.54, 1.807) is 0 Å². The fraction of sp³-hybridized carbons (Fsp3) is 0.727. The van der Waals surface area contributed by atoms with Crippen molar-refractivity contribution in [1.82, 2.24) is 5.32 Å². The highest BCUT2D eigenvalue weighted by Crippen LogP contribution is 2.38. The van der Waals surface area contributed by atoms with Gasteiger partial charge in [-0.3, -0.25) is 4.79 Å². The summed E-state index contributed by atoms with van der Waals surface area (Å²) < 4.78 is 0. The third-order valence-corrected chi connectivity index (χ3v) is 3.68. The molecule has 1 aliphatic carbocycles. The van der Waals surface area contributed by atoms with Crippen LogP contribution >= 0.6 is 0 Å². The highest BCUT2D eigenvalue weighted by molar-refractivity contribution is 5.97. The van der Waals surface area contributed by atoms with Crippen molar-refractivity contribution in [3.63, 3.8) is 0 Å². The molecule has 0 aromatic carbocycles. The van der Waals surface area contributed by atoms with Gasteiger partial charge < -0.3 is 5.32 Å². The molecule has 2 heteroatoms. The SMILES string of the molecule is CC1=C(C)C2(CCCCC2)NC1=O. The molecule has 0 atom stereocenters. The van der Waals surface area contributed by atoms with E-state index >= 15 is 0 Å². The molecule has 1 N–H and O–H groups in total. The number of amides is 1. The minimum absolute atomic E-state index is 0.0550. The van der Waals surface area contributed by atoms with E-state index < -0.39 is 0 Å². The summed E-state index contributed by atoms with van der Waals surface area (Å²) in [6.07, 6.45) is 6.11. The van der Waals surface area contributed by atoms with E-state index in [2.05, 4.69) is 12.2 Å². The lowest BCUT2D eigenvalue weighted by Gasteiger charge is -2.35. The predicted octanol–water partition coefficient (Wildman–Crippen LogP) is 2.16. The van der Waals surface area contributed by atoms with Crippen LogP contribution in [-0.2, 0) is 4.79 Å². The zero-order chi connectivity index (χ0) is 9.47. The quantitative estimate of drug-likeness (QED) is 0.606. The van der Waals surface area contributed by atoms with Crippen LogP contribution in [0, 0.1) is 0 Å². The summed E-state index contributed by atoms with van der Waals surface area (Å²) in [6.45, 7) is 4.05. The van der Waals surface area contributed by atoms with Crippen LogP contribution in [0.15, 0.2) is 11.1 Å². The molecular weight excluding hydrogens is 162 g/mol. The van der Waals surface area contributed by atoms with Crippen molar-refractivity contribution in [2.75, 3.05) is 0 Å². The van der Waals surface area contributed by atoms with Crippen LogP contribution in [-0.4, -0.2) is 11.4 Å². The van der Waals surface area contributed by atoms with Crippen molar-refractivity contribution in [3.05, 3.63) is 11.1 Å². The Bertz CT molecular complexity index is 272.